The molecule has 2 atom stereocenters. The zero-order chi connectivity index (χ0) is 31.3. The minimum Gasteiger partial charge on any atom is -0.492 e. The highest BCUT2D eigenvalue weighted by Gasteiger charge is 2.40. The number of fused-ring (bicyclic) bond motifs is 1. The van der Waals surface area contributed by atoms with E-state index in [0.717, 1.165) is 22.6 Å². The zero-order valence-corrected chi connectivity index (χ0v) is 24.5. The Balaban J connectivity index is 1.37. The molecule has 4 N–H and O–H groups in total. The van der Waals surface area contributed by atoms with Gasteiger partial charge in [0.2, 0.25) is 6.10 Å². The third kappa shape index (κ3) is 6.55. The number of nitrogens with two attached hydrogens (primary N) is 1. The molecule has 0 saturated carbocycles. The van der Waals surface area contributed by atoms with Crippen molar-refractivity contribution in [1.29, 1.82) is 5.26 Å². The number of hydrogen-bond acceptors (Lipinski definition) is 10. The molecule has 5 rings (SSSR count). The van der Waals surface area contributed by atoms with E-state index in [1.54, 1.807) is 23.1 Å². The zero-order valence-electron chi connectivity index (χ0n) is 24.5. The van der Waals surface area contributed by atoms with Crippen molar-refractivity contribution in [1.82, 2.24) is 24.9 Å². The summed E-state index contributed by atoms with van der Waals surface area (Å²) < 4.78 is 12.3. The molecule has 13 nitrogen and oxygen atoms in total. The van der Waals surface area contributed by atoms with E-state index in [9.17, 15) is 20.0 Å². The van der Waals surface area contributed by atoms with Crippen LogP contribution in [0.25, 0.3) is 16.6 Å². The number of aliphatic hydroxyl groups is 1. The molecule has 0 unspecified atom stereocenters. The maximum Gasteiger partial charge on any atom is 0.405 e. The average Bonchev–Trinajstić information content (AvgIpc) is 3.43. The summed E-state index contributed by atoms with van der Waals surface area (Å²) in [5.41, 5.74) is 7.95. The van der Waals surface area contributed by atoms with Crippen molar-refractivity contribution in [2.75, 3.05) is 24.6 Å². The Kier molecular flexibility index (Phi) is 8.91. The third-order valence-electron chi connectivity index (χ3n) is 7.70. The van der Waals surface area contributed by atoms with Crippen LogP contribution in [-0.2, 0) is 16.0 Å². The van der Waals surface area contributed by atoms with Crippen LogP contribution in [0.5, 0.6) is 5.75 Å². The number of primary amides is 1. The lowest BCUT2D eigenvalue weighted by Gasteiger charge is -2.43. The van der Waals surface area contributed by atoms with Crippen LogP contribution >= 0.6 is 0 Å². The molecule has 2 amide bonds. The number of aromatic nitrogens is 4. The first-order valence-corrected chi connectivity index (χ1v) is 14.3. The molecule has 1 saturated heterocycles. The Labute approximate surface area is 254 Å². The number of hydrogen-bond donors (Lipinski definition) is 3. The molecule has 44 heavy (non-hydrogen) atoms. The number of piperidine rings is 1. The largest absolute Gasteiger partial charge is 0.492 e. The Morgan fingerprint density at radius 3 is 2.61 bits per heavy atom. The number of anilines is 1. The van der Waals surface area contributed by atoms with Gasteiger partial charge >= 0.3 is 6.09 Å². The molecule has 228 valence electrons. The van der Waals surface area contributed by atoms with Gasteiger partial charge in [0.1, 0.15) is 17.6 Å². The summed E-state index contributed by atoms with van der Waals surface area (Å²) in [4.78, 5) is 35.9. The summed E-state index contributed by atoms with van der Waals surface area (Å²) in [6.07, 6.45) is 4.44. The molecular weight excluding hydrogens is 564 g/mol. The van der Waals surface area contributed by atoms with Gasteiger partial charge in [-0.1, -0.05) is 6.07 Å². The highest BCUT2D eigenvalue weighted by Crippen LogP contribution is 2.33. The first-order chi connectivity index (χ1) is 21.2. The highest BCUT2D eigenvalue weighted by atomic mass is 16.6. The molecule has 5 heterocycles. The second kappa shape index (κ2) is 13.0. The second-order valence-electron chi connectivity index (χ2n) is 10.7. The van der Waals surface area contributed by atoms with E-state index in [0.29, 0.717) is 55.8 Å². The number of carbonyl (C=O) groups is 2. The number of aliphatic hydroxyl groups excluding tert-OH is 1. The average molecular weight is 599 g/mol. The van der Waals surface area contributed by atoms with Gasteiger partial charge in [0.15, 0.2) is 0 Å². The van der Waals surface area contributed by atoms with Crippen LogP contribution in [-0.4, -0.2) is 74.1 Å². The minimum atomic E-state index is -1.44. The van der Waals surface area contributed by atoms with E-state index in [-0.39, 0.29) is 0 Å². The molecule has 4 aromatic heterocycles. The standard InChI is InChI=1S/C31H34N8O5/c1-3-43-24-14-25(27-22(16-32)18-36-39(27)19-24)21-7-8-26(35-17-21)38-12-9-31(10-13-38,15-23-6-4-5-11-34-23)37-29(41)28(20(2)40)44-30(33)42/h4-8,11,14,17-20,28,40H,3,9-10,12-13,15H2,1-2H3,(H2,33,42)(H,37,41)/t20-,28+/m1/s1. The highest BCUT2D eigenvalue weighted by molar-refractivity contribution is 5.85. The SMILES string of the molecule is CCOc1cc(-c2ccc(N3CCC(Cc4ccccn4)(NC(=O)[C@@H](OC(N)=O)[C@@H](C)O)CC3)nc2)c2c(C#N)cnn2c1. The predicted octanol–water partition coefficient (Wildman–Crippen LogP) is 2.60. The summed E-state index contributed by atoms with van der Waals surface area (Å²) in [6, 6.07) is 13.6. The molecular formula is C31H34N8O5. The van der Waals surface area contributed by atoms with Gasteiger partial charge in [-0.05, 0) is 57.0 Å². The van der Waals surface area contributed by atoms with Gasteiger partial charge in [0.25, 0.3) is 5.91 Å². The smallest absolute Gasteiger partial charge is 0.405 e. The van der Waals surface area contributed by atoms with E-state index < -0.39 is 29.7 Å². The van der Waals surface area contributed by atoms with Crippen molar-refractivity contribution in [3.8, 4) is 22.9 Å². The number of nitrogens with one attached hydrogen (secondary N) is 1. The lowest BCUT2D eigenvalue weighted by molar-refractivity contribution is -0.136. The quantitative estimate of drug-likeness (QED) is 0.245. The predicted molar refractivity (Wildman–Crippen MR) is 161 cm³/mol. The molecule has 1 fully saturated rings. The van der Waals surface area contributed by atoms with E-state index in [1.807, 2.05) is 43.3 Å². The Bertz CT molecular complexity index is 1660. The normalized spacial score (nSPS) is 15.6. The molecule has 1 aliphatic rings. The first-order valence-electron chi connectivity index (χ1n) is 14.3. The van der Waals surface area contributed by atoms with Crippen LogP contribution in [0.3, 0.4) is 0 Å². The van der Waals surface area contributed by atoms with Crippen molar-refractivity contribution >= 4 is 23.3 Å². The number of nitriles is 1. The number of pyridine rings is 3. The molecule has 0 spiro atoms. The first kappa shape index (κ1) is 30.2. The number of carbonyl (C=O) groups excluding carboxylic acids is 2. The van der Waals surface area contributed by atoms with Crippen LogP contribution in [0.15, 0.2) is 61.2 Å². The van der Waals surface area contributed by atoms with Crippen molar-refractivity contribution in [3.05, 3.63) is 72.4 Å². The van der Waals surface area contributed by atoms with Crippen LogP contribution in [0.2, 0.25) is 0 Å². The lowest BCUT2D eigenvalue weighted by Crippen LogP contribution is -2.60. The molecule has 0 aromatic carbocycles. The third-order valence-corrected chi connectivity index (χ3v) is 7.70. The number of amides is 2. The second-order valence-corrected chi connectivity index (χ2v) is 10.7. The molecule has 0 aliphatic carbocycles. The monoisotopic (exact) mass is 598 g/mol. The van der Waals surface area contributed by atoms with Crippen molar-refractivity contribution < 1.29 is 24.2 Å². The summed E-state index contributed by atoms with van der Waals surface area (Å²) in [5, 5.41) is 27.1. The van der Waals surface area contributed by atoms with Crippen LogP contribution in [0.1, 0.15) is 37.9 Å². The van der Waals surface area contributed by atoms with Gasteiger partial charge in [-0.3, -0.25) is 9.78 Å². The van der Waals surface area contributed by atoms with Crippen LogP contribution in [0.4, 0.5) is 10.6 Å². The number of nitrogens with zero attached hydrogens (tertiary/aromatic N) is 6. The van der Waals surface area contributed by atoms with Gasteiger partial charge in [-0.2, -0.15) is 10.4 Å². The van der Waals surface area contributed by atoms with Gasteiger partial charge in [0, 0.05) is 54.3 Å². The Morgan fingerprint density at radius 1 is 1.20 bits per heavy atom. The number of rotatable bonds is 10. The van der Waals surface area contributed by atoms with Crippen molar-refractivity contribution in [2.45, 2.75) is 50.9 Å². The fourth-order valence-corrected chi connectivity index (χ4v) is 5.56. The fourth-order valence-electron chi connectivity index (χ4n) is 5.56. The van der Waals surface area contributed by atoms with E-state index in [1.165, 1.54) is 13.1 Å². The van der Waals surface area contributed by atoms with E-state index >= 15 is 0 Å². The van der Waals surface area contributed by atoms with Gasteiger partial charge in [-0.25, -0.2) is 14.3 Å². The van der Waals surface area contributed by atoms with Crippen LogP contribution < -0.4 is 20.7 Å². The Morgan fingerprint density at radius 2 is 2.00 bits per heavy atom. The maximum atomic E-state index is 13.2. The van der Waals surface area contributed by atoms with Crippen molar-refractivity contribution in [3.63, 3.8) is 0 Å². The topological polar surface area (TPSA) is 181 Å². The van der Waals surface area contributed by atoms with Gasteiger partial charge in [-0.15, -0.1) is 0 Å². The summed E-state index contributed by atoms with van der Waals surface area (Å²) in [6.45, 7) is 4.90. The maximum absolute atomic E-state index is 13.2. The fraction of sp³-hybridized carbons (Fsp3) is 0.355. The molecule has 13 heteroatoms. The minimum absolute atomic E-state index is 0.446. The number of ether oxygens (including phenoxy) is 2. The van der Waals surface area contributed by atoms with E-state index in [2.05, 4.69) is 26.4 Å². The van der Waals surface area contributed by atoms with Gasteiger partial charge < -0.3 is 30.5 Å². The Hall–Kier alpha value is -5.22. The summed E-state index contributed by atoms with van der Waals surface area (Å²) >= 11 is 0. The molecule has 0 bridgehead atoms. The van der Waals surface area contributed by atoms with Crippen molar-refractivity contribution in [2.24, 2.45) is 5.73 Å². The van der Waals surface area contributed by atoms with Gasteiger partial charge in [0.05, 0.1) is 36.2 Å². The van der Waals surface area contributed by atoms with E-state index in [4.69, 9.17) is 20.2 Å². The molecule has 0 radical (unpaired) electrons. The summed E-state index contributed by atoms with van der Waals surface area (Å²) in [5.74, 6) is 0.771. The summed E-state index contributed by atoms with van der Waals surface area (Å²) in [7, 11) is 0. The molecule has 1 aliphatic heterocycles. The molecule has 4 aromatic rings. The van der Waals surface area contributed by atoms with Crippen LogP contribution in [0, 0.1) is 11.3 Å². The lowest BCUT2D eigenvalue weighted by atomic mass is 9.82.